The van der Waals surface area contributed by atoms with Crippen LogP contribution in [0.1, 0.15) is 30.1 Å². The highest BCUT2D eigenvalue weighted by Crippen LogP contribution is 2.27. The van der Waals surface area contributed by atoms with Gasteiger partial charge in [0.05, 0.1) is 5.92 Å². The van der Waals surface area contributed by atoms with Gasteiger partial charge in [0, 0.05) is 27.5 Å². The summed E-state index contributed by atoms with van der Waals surface area (Å²) in [7, 11) is 0. The number of carboxylic acids is 1. The van der Waals surface area contributed by atoms with E-state index in [0.717, 1.165) is 10.1 Å². The Morgan fingerprint density at radius 3 is 2.72 bits per heavy atom. The van der Waals surface area contributed by atoms with Gasteiger partial charge in [0.2, 0.25) is 0 Å². The molecule has 2 rings (SSSR count). The van der Waals surface area contributed by atoms with Gasteiger partial charge in [-0.1, -0.05) is 25.1 Å². The molecule has 1 atom stereocenters. The molecule has 0 fully saturated rings. The van der Waals surface area contributed by atoms with E-state index in [1.807, 2.05) is 29.6 Å². The van der Waals surface area contributed by atoms with Gasteiger partial charge in [-0.2, -0.15) is 0 Å². The van der Waals surface area contributed by atoms with Crippen LogP contribution < -0.4 is 0 Å². The van der Waals surface area contributed by atoms with E-state index in [4.69, 9.17) is 5.11 Å². The van der Waals surface area contributed by atoms with Crippen molar-refractivity contribution in [3.8, 4) is 0 Å². The second kappa shape index (κ2) is 5.31. The van der Waals surface area contributed by atoms with Crippen LogP contribution >= 0.6 is 11.3 Å². The molecule has 0 aliphatic carbocycles. The number of carbonyl (C=O) groups excluding carboxylic acids is 1. The Bertz CT molecular complexity index is 585. The molecule has 0 saturated heterocycles. The number of thiophene rings is 1. The summed E-state index contributed by atoms with van der Waals surface area (Å²) in [6.07, 6.45) is 0.551. The molecular formula is C14H14O3S. The van der Waals surface area contributed by atoms with E-state index in [2.05, 4.69) is 0 Å². The third-order valence-corrected chi connectivity index (χ3v) is 4.02. The lowest BCUT2D eigenvalue weighted by Crippen LogP contribution is -2.17. The SMILES string of the molecule is CCC(CC(=O)c1csc2ccccc12)C(=O)O. The Hall–Kier alpha value is -1.68. The van der Waals surface area contributed by atoms with E-state index in [0.29, 0.717) is 12.0 Å². The molecule has 0 aliphatic heterocycles. The second-order valence-electron chi connectivity index (χ2n) is 4.22. The number of carbonyl (C=O) groups is 2. The standard InChI is InChI=1S/C14H14O3S/c1-2-9(14(16)17)7-12(15)11-8-18-13-6-4-3-5-10(11)13/h3-6,8-9H,2,7H2,1H3,(H,16,17). The minimum Gasteiger partial charge on any atom is -0.481 e. The lowest BCUT2D eigenvalue weighted by molar-refractivity contribution is -0.141. The summed E-state index contributed by atoms with van der Waals surface area (Å²) in [5.41, 5.74) is 0.648. The van der Waals surface area contributed by atoms with Crippen molar-refractivity contribution in [2.24, 2.45) is 5.92 Å². The van der Waals surface area contributed by atoms with E-state index in [1.165, 1.54) is 11.3 Å². The summed E-state index contributed by atoms with van der Waals surface area (Å²) in [6.45, 7) is 1.79. The monoisotopic (exact) mass is 262 g/mol. The first-order valence-electron chi connectivity index (χ1n) is 5.85. The molecule has 94 valence electrons. The van der Waals surface area contributed by atoms with Crippen LogP contribution in [0.4, 0.5) is 0 Å². The van der Waals surface area contributed by atoms with E-state index < -0.39 is 11.9 Å². The summed E-state index contributed by atoms with van der Waals surface area (Å²) >= 11 is 1.52. The normalized spacial score (nSPS) is 12.5. The van der Waals surface area contributed by atoms with Gasteiger partial charge in [-0.3, -0.25) is 9.59 Å². The number of aliphatic carboxylic acids is 1. The Kier molecular flexibility index (Phi) is 3.77. The second-order valence-corrected chi connectivity index (χ2v) is 5.13. The lowest BCUT2D eigenvalue weighted by atomic mass is 9.96. The van der Waals surface area contributed by atoms with E-state index in [1.54, 1.807) is 6.92 Å². The van der Waals surface area contributed by atoms with Gasteiger partial charge in [-0.05, 0) is 12.5 Å². The Morgan fingerprint density at radius 1 is 1.33 bits per heavy atom. The van der Waals surface area contributed by atoms with Gasteiger partial charge >= 0.3 is 5.97 Å². The average molecular weight is 262 g/mol. The summed E-state index contributed by atoms with van der Waals surface area (Å²) < 4.78 is 1.06. The van der Waals surface area contributed by atoms with Crippen LogP contribution in [0, 0.1) is 5.92 Å². The minimum atomic E-state index is -0.898. The highest BCUT2D eigenvalue weighted by atomic mass is 32.1. The number of Topliss-reactive ketones (excluding diaryl/α,β-unsaturated/α-hetero) is 1. The number of fused-ring (bicyclic) bond motifs is 1. The van der Waals surface area contributed by atoms with Crippen LogP contribution in [0.25, 0.3) is 10.1 Å². The Balaban J connectivity index is 2.26. The maximum absolute atomic E-state index is 12.1. The van der Waals surface area contributed by atoms with Gasteiger partial charge in [-0.15, -0.1) is 11.3 Å². The van der Waals surface area contributed by atoms with Crippen LogP contribution in [0.5, 0.6) is 0 Å². The highest BCUT2D eigenvalue weighted by molar-refractivity contribution is 7.17. The van der Waals surface area contributed by atoms with Gasteiger partial charge in [0.25, 0.3) is 0 Å². The van der Waals surface area contributed by atoms with Crippen LogP contribution in [-0.4, -0.2) is 16.9 Å². The van der Waals surface area contributed by atoms with Crippen molar-refractivity contribution in [2.45, 2.75) is 19.8 Å². The molecule has 0 radical (unpaired) electrons. The summed E-state index contributed by atoms with van der Waals surface area (Å²) in [5.74, 6) is -1.57. The van der Waals surface area contributed by atoms with Crippen molar-refractivity contribution in [1.82, 2.24) is 0 Å². The molecule has 0 spiro atoms. The number of ketones is 1. The van der Waals surface area contributed by atoms with Crippen LogP contribution in [-0.2, 0) is 4.79 Å². The third kappa shape index (κ3) is 2.43. The minimum absolute atomic E-state index is 0.0760. The first kappa shape index (κ1) is 12.8. The van der Waals surface area contributed by atoms with E-state index in [-0.39, 0.29) is 12.2 Å². The zero-order valence-electron chi connectivity index (χ0n) is 10.1. The van der Waals surface area contributed by atoms with Crippen LogP contribution in [0.15, 0.2) is 29.6 Å². The molecule has 0 saturated carbocycles. The topological polar surface area (TPSA) is 54.4 Å². The number of hydrogen-bond acceptors (Lipinski definition) is 3. The Labute approximate surface area is 109 Å². The predicted octanol–water partition coefficient (Wildman–Crippen LogP) is 3.58. The van der Waals surface area contributed by atoms with Crippen LogP contribution in [0.3, 0.4) is 0 Å². The fourth-order valence-corrected chi connectivity index (χ4v) is 2.90. The maximum atomic E-state index is 12.1. The molecule has 1 heterocycles. The van der Waals surface area contributed by atoms with Gasteiger partial charge in [-0.25, -0.2) is 0 Å². The number of rotatable bonds is 5. The molecule has 1 aromatic heterocycles. The largest absolute Gasteiger partial charge is 0.481 e. The van der Waals surface area contributed by atoms with Gasteiger partial charge in [0.15, 0.2) is 5.78 Å². The van der Waals surface area contributed by atoms with E-state index >= 15 is 0 Å². The van der Waals surface area contributed by atoms with Gasteiger partial charge < -0.3 is 5.11 Å². The molecule has 1 aromatic carbocycles. The summed E-state index contributed by atoms with van der Waals surface area (Å²) in [6, 6.07) is 7.69. The molecule has 1 unspecified atom stereocenters. The predicted molar refractivity (Wildman–Crippen MR) is 72.2 cm³/mol. The van der Waals surface area contributed by atoms with E-state index in [9.17, 15) is 9.59 Å². The summed E-state index contributed by atoms with van der Waals surface area (Å²) in [5, 5.41) is 11.7. The van der Waals surface area contributed by atoms with Crippen molar-refractivity contribution in [3.05, 3.63) is 35.2 Å². The molecule has 0 aliphatic rings. The zero-order chi connectivity index (χ0) is 13.1. The molecule has 0 bridgehead atoms. The number of benzene rings is 1. The quantitative estimate of drug-likeness (QED) is 0.838. The molecular weight excluding hydrogens is 248 g/mol. The third-order valence-electron chi connectivity index (χ3n) is 3.06. The zero-order valence-corrected chi connectivity index (χ0v) is 10.9. The maximum Gasteiger partial charge on any atom is 0.306 e. The fraction of sp³-hybridized carbons (Fsp3) is 0.286. The van der Waals surface area contributed by atoms with Crippen molar-refractivity contribution in [3.63, 3.8) is 0 Å². The summed E-state index contributed by atoms with van der Waals surface area (Å²) in [4.78, 5) is 23.1. The smallest absolute Gasteiger partial charge is 0.306 e. The first-order valence-corrected chi connectivity index (χ1v) is 6.73. The number of carboxylic acid groups (broad SMARTS) is 1. The number of hydrogen-bond donors (Lipinski definition) is 1. The van der Waals surface area contributed by atoms with Crippen molar-refractivity contribution < 1.29 is 14.7 Å². The molecule has 1 N–H and O–H groups in total. The van der Waals surface area contributed by atoms with Crippen molar-refractivity contribution in [2.75, 3.05) is 0 Å². The first-order chi connectivity index (χ1) is 8.63. The van der Waals surface area contributed by atoms with Crippen molar-refractivity contribution >= 4 is 33.2 Å². The van der Waals surface area contributed by atoms with Crippen molar-refractivity contribution in [1.29, 1.82) is 0 Å². The molecule has 0 amide bonds. The van der Waals surface area contributed by atoms with Gasteiger partial charge in [0.1, 0.15) is 0 Å². The Morgan fingerprint density at radius 2 is 2.06 bits per heavy atom. The average Bonchev–Trinajstić information content (AvgIpc) is 2.79. The lowest BCUT2D eigenvalue weighted by Gasteiger charge is -2.07. The van der Waals surface area contributed by atoms with Crippen LogP contribution in [0.2, 0.25) is 0 Å². The molecule has 2 aromatic rings. The molecule has 3 nitrogen and oxygen atoms in total. The molecule has 4 heteroatoms. The highest BCUT2D eigenvalue weighted by Gasteiger charge is 2.21. The fourth-order valence-electron chi connectivity index (χ4n) is 1.93. The molecule has 18 heavy (non-hydrogen) atoms.